The molecule has 3 rings (SSSR count). The highest BCUT2D eigenvalue weighted by molar-refractivity contribution is 6.65. The minimum Gasteiger partial charge on any atom is -0.398 e. The van der Waals surface area contributed by atoms with Gasteiger partial charge in [-0.1, -0.05) is 11.6 Å². The summed E-state index contributed by atoms with van der Waals surface area (Å²) >= 11 is 6.30. The molecule has 0 bridgehead atoms. The third-order valence-electron chi connectivity index (χ3n) is 4.22. The lowest BCUT2D eigenvalue weighted by atomic mass is 9.84. The van der Waals surface area contributed by atoms with E-state index in [1.165, 1.54) is 0 Å². The molecule has 1 aromatic rings. The zero-order valence-electron chi connectivity index (χ0n) is 12.0. The molecule has 0 unspecified atom stereocenters. The lowest BCUT2D eigenvalue weighted by molar-refractivity contribution is 0.00578. The molecule has 0 saturated carbocycles. The van der Waals surface area contributed by atoms with Gasteiger partial charge in [-0.05, 0) is 27.7 Å². The quantitative estimate of drug-likeness (QED) is 0.770. The van der Waals surface area contributed by atoms with Gasteiger partial charge in [-0.15, -0.1) is 0 Å². The van der Waals surface area contributed by atoms with Crippen LogP contribution in [0.5, 0.6) is 0 Å². The number of aromatic nitrogens is 2. The van der Waals surface area contributed by atoms with Gasteiger partial charge in [0.05, 0.1) is 22.8 Å². The van der Waals surface area contributed by atoms with Crippen LogP contribution in [-0.2, 0) is 15.9 Å². The molecule has 0 aliphatic carbocycles. The second kappa shape index (κ2) is 4.22. The van der Waals surface area contributed by atoms with E-state index in [9.17, 15) is 4.79 Å². The zero-order chi connectivity index (χ0) is 14.7. The maximum absolute atomic E-state index is 11.9. The molecule has 1 N–H and O–H groups in total. The smallest absolute Gasteiger partial charge is 0.398 e. The monoisotopic (exact) mass is 297 g/mol. The zero-order valence-corrected chi connectivity index (χ0v) is 12.7. The summed E-state index contributed by atoms with van der Waals surface area (Å²) in [5.41, 5.74) is -0.0826. The third-order valence-corrected chi connectivity index (χ3v) is 4.59. The van der Waals surface area contributed by atoms with Gasteiger partial charge in [-0.3, -0.25) is 9.48 Å². The Morgan fingerprint density at radius 1 is 1.30 bits per heavy atom. The van der Waals surface area contributed by atoms with Crippen molar-refractivity contribution in [2.24, 2.45) is 0 Å². The minimum absolute atomic E-state index is 0.212. The second-order valence-corrected chi connectivity index (χ2v) is 6.49. The van der Waals surface area contributed by atoms with Gasteiger partial charge in [0.25, 0.3) is 5.91 Å². The first kappa shape index (κ1) is 13.9. The van der Waals surface area contributed by atoms with Gasteiger partial charge in [-0.25, -0.2) is 0 Å². The molecule has 3 heterocycles. The lowest BCUT2D eigenvalue weighted by Crippen LogP contribution is -2.41. The van der Waals surface area contributed by atoms with Gasteiger partial charge in [0, 0.05) is 6.54 Å². The summed E-state index contributed by atoms with van der Waals surface area (Å²) in [5.74, 6) is -0.212. The summed E-state index contributed by atoms with van der Waals surface area (Å²) in [7, 11) is -0.654. The molecule has 0 radical (unpaired) electrons. The van der Waals surface area contributed by atoms with Crippen molar-refractivity contribution < 1.29 is 14.1 Å². The molecule has 1 aromatic heterocycles. The maximum Gasteiger partial charge on any atom is 0.518 e. The summed E-state index contributed by atoms with van der Waals surface area (Å²) in [6, 6.07) is 0. The van der Waals surface area contributed by atoms with Gasteiger partial charge in [-0.2, -0.15) is 5.10 Å². The van der Waals surface area contributed by atoms with E-state index >= 15 is 0 Å². The number of hydrogen-bond donors (Lipinski definition) is 1. The van der Waals surface area contributed by atoms with Crippen LogP contribution in [0.25, 0.3) is 0 Å². The number of carbonyl (C=O) groups excluding carboxylic acids is 1. The van der Waals surface area contributed by atoms with Gasteiger partial charge in [0.2, 0.25) is 0 Å². The number of amides is 1. The number of fused-ring (bicyclic) bond motifs is 1. The molecule has 1 saturated heterocycles. The van der Waals surface area contributed by atoms with E-state index in [4.69, 9.17) is 20.9 Å². The van der Waals surface area contributed by atoms with E-state index in [1.807, 2.05) is 27.7 Å². The Kier molecular flexibility index (Phi) is 2.94. The highest BCUT2D eigenvalue weighted by Gasteiger charge is 2.53. The Balaban J connectivity index is 1.99. The van der Waals surface area contributed by atoms with E-state index in [1.54, 1.807) is 4.68 Å². The highest BCUT2D eigenvalue weighted by Crippen LogP contribution is 2.37. The second-order valence-electron chi connectivity index (χ2n) is 6.12. The highest BCUT2D eigenvalue weighted by atomic mass is 35.5. The summed E-state index contributed by atoms with van der Waals surface area (Å²) < 4.78 is 13.5. The molecule has 2 aliphatic heterocycles. The van der Waals surface area contributed by atoms with E-state index < -0.39 is 18.3 Å². The van der Waals surface area contributed by atoms with Gasteiger partial charge in [0.15, 0.2) is 0 Å². The van der Waals surface area contributed by atoms with Crippen LogP contribution in [0.2, 0.25) is 5.02 Å². The van der Waals surface area contributed by atoms with Crippen LogP contribution < -0.4 is 10.9 Å². The first-order valence-electron chi connectivity index (χ1n) is 6.63. The average Bonchev–Trinajstić information content (AvgIpc) is 2.76. The summed E-state index contributed by atoms with van der Waals surface area (Å²) in [6.45, 7) is 8.99. The molecule has 0 spiro atoms. The van der Waals surface area contributed by atoms with Gasteiger partial charge >= 0.3 is 7.12 Å². The predicted octanol–water partition coefficient (Wildman–Crippen LogP) is 0.579. The molecule has 2 aliphatic rings. The molecule has 6 nitrogen and oxygen atoms in total. The molecule has 108 valence electrons. The maximum atomic E-state index is 11.9. The lowest BCUT2D eigenvalue weighted by Gasteiger charge is -2.32. The first-order valence-corrected chi connectivity index (χ1v) is 7.01. The van der Waals surface area contributed by atoms with E-state index in [-0.39, 0.29) is 5.91 Å². The van der Waals surface area contributed by atoms with Crippen LogP contribution in [0, 0.1) is 0 Å². The number of hydrogen-bond acceptors (Lipinski definition) is 4. The summed E-state index contributed by atoms with van der Waals surface area (Å²) in [5, 5.41) is 7.44. The fourth-order valence-electron chi connectivity index (χ4n) is 2.30. The average molecular weight is 298 g/mol. The SMILES string of the molecule is CC1(C)OB(c2nn3c(c2Cl)C(=O)NCC3)OC1(C)C. The number of carbonyl (C=O) groups is 1. The van der Waals surface area contributed by atoms with Crippen molar-refractivity contribution >= 4 is 30.2 Å². The van der Waals surface area contributed by atoms with Crippen molar-refractivity contribution in [3.8, 4) is 0 Å². The first-order chi connectivity index (χ1) is 9.23. The molecule has 1 amide bonds. The summed E-state index contributed by atoms with van der Waals surface area (Å²) in [6.07, 6.45) is 0. The largest absolute Gasteiger partial charge is 0.518 e. The van der Waals surface area contributed by atoms with E-state index in [2.05, 4.69) is 10.4 Å². The standard InChI is InChI=1S/C12H17BClN3O3/c1-11(2)12(3,4)20-13(19-11)9-7(14)8-10(18)15-5-6-17(8)16-9/h5-6H2,1-4H3,(H,15,18). The van der Waals surface area contributed by atoms with Crippen molar-refractivity contribution in [1.82, 2.24) is 15.1 Å². The topological polar surface area (TPSA) is 65.4 Å². The molecule has 0 aromatic carbocycles. The van der Waals surface area contributed by atoms with E-state index in [0.29, 0.717) is 29.4 Å². The number of rotatable bonds is 1. The molecule has 20 heavy (non-hydrogen) atoms. The minimum atomic E-state index is -0.654. The molecule has 0 atom stereocenters. The van der Waals surface area contributed by atoms with Crippen LogP contribution in [0.3, 0.4) is 0 Å². The molecular weight excluding hydrogens is 280 g/mol. The van der Waals surface area contributed by atoms with Gasteiger partial charge < -0.3 is 14.6 Å². The van der Waals surface area contributed by atoms with Crippen LogP contribution in [0.1, 0.15) is 38.2 Å². The molecule has 1 fully saturated rings. The van der Waals surface area contributed by atoms with Crippen LogP contribution in [0.4, 0.5) is 0 Å². The fourth-order valence-corrected chi connectivity index (χ4v) is 2.61. The van der Waals surface area contributed by atoms with Crippen LogP contribution in [0.15, 0.2) is 0 Å². The fraction of sp³-hybridized carbons (Fsp3) is 0.667. The van der Waals surface area contributed by atoms with Crippen molar-refractivity contribution in [1.29, 1.82) is 0 Å². The molecular formula is C12H17BClN3O3. The normalized spacial score (nSPS) is 23.6. The number of halogens is 1. The third kappa shape index (κ3) is 1.88. The van der Waals surface area contributed by atoms with Crippen LogP contribution >= 0.6 is 11.6 Å². The van der Waals surface area contributed by atoms with Crippen molar-refractivity contribution in [2.75, 3.05) is 6.54 Å². The Labute approximate surface area is 122 Å². The predicted molar refractivity (Wildman–Crippen MR) is 75.3 cm³/mol. The summed E-state index contributed by atoms with van der Waals surface area (Å²) in [4.78, 5) is 11.9. The Bertz CT molecular complexity index is 569. The Hall–Kier alpha value is -1.05. The number of nitrogens with one attached hydrogen (secondary N) is 1. The van der Waals surface area contributed by atoms with Crippen molar-refractivity contribution in [3.05, 3.63) is 10.7 Å². The number of nitrogens with zero attached hydrogens (tertiary/aromatic N) is 2. The van der Waals surface area contributed by atoms with Crippen molar-refractivity contribution in [3.63, 3.8) is 0 Å². The van der Waals surface area contributed by atoms with Gasteiger partial charge in [0.1, 0.15) is 11.3 Å². The Morgan fingerprint density at radius 2 is 1.90 bits per heavy atom. The van der Waals surface area contributed by atoms with E-state index in [0.717, 1.165) is 0 Å². The van der Waals surface area contributed by atoms with Crippen molar-refractivity contribution in [2.45, 2.75) is 45.4 Å². The Morgan fingerprint density at radius 3 is 2.45 bits per heavy atom. The molecule has 8 heteroatoms. The van der Waals surface area contributed by atoms with Crippen LogP contribution in [-0.4, -0.2) is 40.6 Å².